The fraction of sp³-hybridized carbons (Fsp3) is 0.133. The first-order valence-electron chi connectivity index (χ1n) is 6.34. The van der Waals surface area contributed by atoms with Crippen molar-refractivity contribution in [1.29, 1.82) is 0 Å². The molecule has 0 unspecified atom stereocenters. The molecule has 0 aliphatic rings. The maximum absolute atomic E-state index is 13.1. The highest BCUT2D eigenvalue weighted by Gasteiger charge is 2.33. The van der Waals surface area contributed by atoms with Crippen molar-refractivity contribution in [2.75, 3.05) is 0 Å². The Balaban J connectivity index is 2.19. The van der Waals surface area contributed by atoms with Gasteiger partial charge in [0.2, 0.25) is 0 Å². The smallest absolute Gasteiger partial charge is 0.326 e. The zero-order valence-electron chi connectivity index (χ0n) is 10.9. The molecule has 108 valence electrons. The van der Waals surface area contributed by atoms with Crippen LogP contribution in [0.1, 0.15) is 11.1 Å². The first kappa shape index (κ1) is 13.6. The van der Waals surface area contributed by atoms with Crippen molar-refractivity contribution in [2.45, 2.75) is 12.7 Å². The number of nitrogens with zero attached hydrogens (tertiary/aromatic N) is 2. The monoisotopic (exact) mass is 291 g/mol. The molecule has 0 aliphatic carbocycles. The lowest BCUT2D eigenvalue weighted by molar-refractivity contribution is -0.138. The number of halogens is 3. The molecule has 0 spiro atoms. The van der Waals surface area contributed by atoms with Gasteiger partial charge in [0.05, 0.1) is 23.0 Å². The summed E-state index contributed by atoms with van der Waals surface area (Å²) in [5.74, 6) is 0. The minimum atomic E-state index is -4.44. The molecule has 0 aliphatic heterocycles. The summed E-state index contributed by atoms with van der Waals surface area (Å²) in [6.07, 6.45) is -2.81. The lowest BCUT2D eigenvalue weighted by atomic mass is 10.1. The molecule has 3 rings (SSSR count). The van der Waals surface area contributed by atoms with Crippen molar-refractivity contribution < 1.29 is 13.2 Å². The van der Waals surface area contributed by atoms with E-state index in [-0.39, 0.29) is 12.1 Å². The van der Waals surface area contributed by atoms with Crippen LogP contribution in [0.3, 0.4) is 0 Å². The van der Waals surface area contributed by atoms with Gasteiger partial charge >= 0.3 is 6.18 Å². The maximum Gasteiger partial charge on any atom is 0.416 e. The Bertz CT molecular complexity index is 790. The highest BCUT2D eigenvalue weighted by molar-refractivity contribution is 5.80. The number of hydrogen-bond donors (Lipinski definition) is 1. The molecule has 0 saturated carbocycles. The van der Waals surface area contributed by atoms with E-state index in [1.807, 2.05) is 24.3 Å². The van der Waals surface area contributed by atoms with Crippen LogP contribution in [0.25, 0.3) is 16.6 Å². The normalized spacial score (nSPS) is 12.0. The summed E-state index contributed by atoms with van der Waals surface area (Å²) in [5.41, 5.74) is 5.85. The fourth-order valence-electron chi connectivity index (χ4n) is 2.32. The number of fused-ring (bicyclic) bond motifs is 1. The van der Waals surface area contributed by atoms with Crippen molar-refractivity contribution in [3.05, 3.63) is 59.8 Å². The van der Waals surface area contributed by atoms with Gasteiger partial charge in [-0.25, -0.2) is 4.68 Å². The molecule has 0 amide bonds. The average molecular weight is 291 g/mol. The Hall–Kier alpha value is -2.34. The van der Waals surface area contributed by atoms with Crippen LogP contribution in [0.15, 0.2) is 48.7 Å². The molecule has 0 fully saturated rings. The molecule has 0 radical (unpaired) electrons. The summed E-state index contributed by atoms with van der Waals surface area (Å²) in [6.45, 7) is -0.158. The second-order valence-corrected chi connectivity index (χ2v) is 4.66. The largest absolute Gasteiger partial charge is 0.416 e. The number of hydrogen-bond acceptors (Lipinski definition) is 2. The van der Waals surface area contributed by atoms with E-state index in [9.17, 15) is 13.2 Å². The molecule has 0 saturated heterocycles. The van der Waals surface area contributed by atoms with E-state index in [1.165, 1.54) is 10.7 Å². The minimum absolute atomic E-state index is 0.0720. The van der Waals surface area contributed by atoms with Gasteiger partial charge in [-0.2, -0.15) is 18.3 Å². The Morgan fingerprint density at radius 1 is 1.10 bits per heavy atom. The Labute approximate surface area is 118 Å². The third-order valence-corrected chi connectivity index (χ3v) is 3.34. The van der Waals surface area contributed by atoms with Crippen LogP contribution >= 0.6 is 0 Å². The van der Waals surface area contributed by atoms with Crippen LogP contribution in [-0.4, -0.2) is 9.78 Å². The van der Waals surface area contributed by atoms with Crippen LogP contribution < -0.4 is 5.73 Å². The molecule has 21 heavy (non-hydrogen) atoms. The zero-order chi connectivity index (χ0) is 15.0. The van der Waals surface area contributed by atoms with E-state index in [2.05, 4.69) is 5.10 Å². The maximum atomic E-state index is 13.1. The van der Waals surface area contributed by atoms with Gasteiger partial charge in [0.25, 0.3) is 0 Å². The van der Waals surface area contributed by atoms with Gasteiger partial charge in [0.1, 0.15) is 0 Å². The van der Waals surface area contributed by atoms with E-state index in [0.717, 1.165) is 17.0 Å². The molecule has 3 nitrogen and oxygen atoms in total. The molecule has 0 atom stereocenters. The van der Waals surface area contributed by atoms with Gasteiger partial charge in [-0.05, 0) is 23.8 Å². The highest BCUT2D eigenvalue weighted by atomic mass is 19.4. The van der Waals surface area contributed by atoms with E-state index in [0.29, 0.717) is 5.69 Å². The van der Waals surface area contributed by atoms with E-state index >= 15 is 0 Å². The topological polar surface area (TPSA) is 43.8 Å². The van der Waals surface area contributed by atoms with Gasteiger partial charge in [-0.1, -0.05) is 24.3 Å². The third-order valence-electron chi connectivity index (χ3n) is 3.34. The molecular weight excluding hydrogens is 279 g/mol. The lowest BCUT2D eigenvalue weighted by Crippen LogP contribution is -2.13. The molecule has 1 aromatic heterocycles. The number of alkyl halides is 3. The van der Waals surface area contributed by atoms with Gasteiger partial charge in [0.15, 0.2) is 0 Å². The molecule has 6 heteroatoms. The summed E-state index contributed by atoms with van der Waals surface area (Å²) >= 11 is 0. The van der Waals surface area contributed by atoms with Crippen molar-refractivity contribution in [3.8, 4) is 5.69 Å². The number of benzene rings is 2. The molecule has 2 aromatic carbocycles. The average Bonchev–Trinajstić information content (AvgIpc) is 2.89. The van der Waals surface area contributed by atoms with Crippen LogP contribution in [-0.2, 0) is 12.7 Å². The van der Waals surface area contributed by atoms with Crippen LogP contribution in [0.4, 0.5) is 13.2 Å². The van der Waals surface area contributed by atoms with Crippen molar-refractivity contribution in [2.24, 2.45) is 5.73 Å². The SMILES string of the molecule is NCc1ccc(-n2ncc3ccccc32)cc1C(F)(F)F. The summed E-state index contributed by atoms with van der Waals surface area (Å²) in [6, 6.07) is 11.4. The molecule has 3 aromatic rings. The van der Waals surface area contributed by atoms with E-state index in [4.69, 9.17) is 5.73 Å². The second kappa shape index (κ2) is 4.89. The number of para-hydroxylation sites is 1. The summed E-state index contributed by atoms with van der Waals surface area (Å²) in [7, 11) is 0. The van der Waals surface area contributed by atoms with E-state index in [1.54, 1.807) is 12.3 Å². The van der Waals surface area contributed by atoms with Crippen LogP contribution in [0.5, 0.6) is 0 Å². The summed E-state index contributed by atoms with van der Waals surface area (Å²) < 4.78 is 40.7. The predicted octanol–water partition coefficient (Wildman–Crippen LogP) is 3.50. The van der Waals surface area contributed by atoms with Crippen LogP contribution in [0.2, 0.25) is 0 Å². The quantitative estimate of drug-likeness (QED) is 0.785. The lowest BCUT2D eigenvalue weighted by Gasteiger charge is -2.14. The highest BCUT2D eigenvalue weighted by Crippen LogP contribution is 2.33. The first-order chi connectivity index (χ1) is 10.0. The van der Waals surface area contributed by atoms with Gasteiger partial charge in [0, 0.05) is 11.9 Å². The summed E-state index contributed by atoms with van der Waals surface area (Å²) in [4.78, 5) is 0. The zero-order valence-corrected chi connectivity index (χ0v) is 10.9. The molecular formula is C15H12F3N3. The summed E-state index contributed by atoms with van der Waals surface area (Å²) in [5, 5.41) is 5.03. The molecule has 1 heterocycles. The van der Waals surface area contributed by atoms with Crippen LogP contribution in [0, 0.1) is 0 Å². The predicted molar refractivity (Wildman–Crippen MR) is 74.0 cm³/mol. The number of rotatable bonds is 2. The number of nitrogens with two attached hydrogens (primary N) is 1. The second-order valence-electron chi connectivity index (χ2n) is 4.66. The number of aromatic nitrogens is 2. The molecule has 2 N–H and O–H groups in total. The third kappa shape index (κ3) is 2.38. The van der Waals surface area contributed by atoms with Crippen molar-refractivity contribution in [1.82, 2.24) is 9.78 Å². The standard InChI is InChI=1S/C15H12F3N3/c16-15(17,18)13-7-12(6-5-10(13)8-19)21-14-4-2-1-3-11(14)9-20-21/h1-7,9H,8,19H2. The van der Waals surface area contributed by atoms with Gasteiger partial charge in [-0.3, -0.25) is 0 Å². The molecule has 0 bridgehead atoms. The Morgan fingerprint density at radius 2 is 1.86 bits per heavy atom. The van der Waals surface area contributed by atoms with Gasteiger partial charge in [-0.15, -0.1) is 0 Å². The minimum Gasteiger partial charge on any atom is -0.326 e. The first-order valence-corrected chi connectivity index (χ1v) is 6.34. The Kier molecular flexibility index (Phi) is 3.17. The van der Waals surface area contributed by atoms with Crippen molar-refractivity contribution in [3.63, 3.8) is 0 Å². The fourth-order valence-corrected chi connectivity index (χ4v) is 2.32. The van der Waals surface area contributed by atoms with Crippen molar-refractivity contribution >= 4 is 10.9 Å². The van der Waals surface area contributed by atoms with E-state index < -0.39 is 11.7 Å². The van der Waals surface area contributed by atoms with Gasteiger partial charge < -0.3 is 5.73 Å². The Morgan fingerprint density at radius 3 is 2.57 bits per heavy atom.